The lowest BCUT2D eigenvalue weighted by Crippen LogP contribution is -2.55. The minimum atomic E-state index is -3.43. The molecule has 0 unspecified atom stereocenters. The van der Waals surface area contributed by atoms with Gasteiger partial charge in [-0.2, -0.15) is 0 Å². The molecule has 0 N–H and O–H groups in total. The molecule has 0 bridgehead atoms. The van der Waals surface area contributed by atoms with Crippen molar-refractivity contribution in [3.05, 3.63) is 132 Å². The summed E-state index contributed by atoms with van der Waals surface area (Å²) in [6, 6.07) is 40.6. The van der Waals surface area contributed by atoms with E-state index in [9.17, 15) is 0 Å². The fraction of sp³-hybridized carbons (Fsp3) is 0.0769. The van der Waals surface area contributed by atoms with Gasteiger partial charge in [-0.25, -0.2) is 0 Å². The summed E-state index contributed by atoms with van der Waals surface area (Å²) in [5.41, 5.74) is 2.32. The van der Waals surface area contributed by atoms with Crippen LogP contribution in [-0.2, 0) is 0 Å². The Balaban J connectivity index is 1.84. The van der Waals surface area contributed by atoms with Crippen molar-refractivity contribution in [3.63, 3.8) is 0 Å². The number of hydrogen-bond acceptors (Lipinski definition) is 0. The maximum atomic E-state index is 17.0. The Morgan fingerprint density at radius 3 is 1.18 bits per heavy atom. The van der Waals surface area contributed by atoms with Crippen LogP contribution in [0.3, 0.4) is 0 Å². The maximum Gasteiger partial charge on any atom is 0.309 e. The summed E-state index contributed by atoms with van der Waals surface area (Å²) < 4.78 is 17.0. The van der Waals surface area contributed by atoms with Crippen molar-refractivity contribution < 1.29 is 4.11 Å². The first kappa shape index (κ1) is 18.4. The Hall–Kier alpha value is -2.97. The average Bonchev–Trinajstić information content (AvgIpc) is 2.80. The van der Waals surface area contributed by atoms with Crippen LogP contribution in [0.1, 0.15) is 17.0 Å². The molecule has 0 amide bonds. The van der Waals surface area contributed by atoms with Gasteiger partial charge in [0.15, 0.2) is 0 Å². The molecule has 138 valence electrons. The predicted molar refractivity (Wildman–Crippen MR) is 119 cm³/mol. The van der Waals surface area contributed by atoms with E-state index in [0.717, 1.165) is 21.5 Å². The van der Waals surface area contributed by atoms with E-state index < -0.39 is 8.41 Å². The zero-order valence-corrected chi connectivity index (χ0v) is 16.7. The first-order valence-corrected chi connectivity index (χ1v) is 11.8. The van der Waals surface area contributed by atoms with Gasteiger partial charge >= 0.3 is 8.41 Å². The maximum absolute atomic E-state index is 17.0. The van der Waals surface area contributed by atoms with Crippen molar-refractivity contribution in [1.82, 2.24) is 0 Å². The molecule has 0 nitrogen and oxygen atoms in total. The predicted octanol–water partition coefficient (Wildman–Crippen LogP) is 5.55. The molecule has 0 atom stereocenters. The van der Waals surface area contributed by atoms with Gasteiger partial charge in [0.25, 0.3) is 0 Å². The molecule has 0 heterocycles. The molecule has 0 radical (unpaired) electrons. The van der Waals surface area contributed by atoms with Crippen molar-refractivity contribution in [1.29, 1.82) is 0 Å². The average molecular weight is 383 g/mol. The zero-order chi connectivity index (χ0) is 19.2. The lowest BCUT2D eigenvalue weighted by molar-refractivity contribution is 0.771. The van der Waals surface area contributed by atoms with Crippen molar-refractivity contribution in [2.24, 2.45) is 0 Å². The standard InChI is InChI=1S/C26H23FSi/c27-28(24-17-9-3-10-18-24,25-19-11-4-12-20-25)21-26(22-13-5-1-6-14-22)23-15-7-2-8-16-23/h1-20,26H,21H2. The van der Waals surface area contributed by atoms with Crippen LogP contribution in [0.25, 0.3) is 0 Å². The first-order valence-electron chi connectivity index (χ1n) is 9.67. The summed E-state index contributed by atoms with van der Waals surface area (Å²) >= 11 is 0. The highest BCUT2D eigenvalue weighted by Gasteiger charge is 2.41. The molecule has 0 saturated heterocycles. The van der Waals surface area contributed by atoms with Gasteiger partial charge < -0.3 is 4.11 Å². The van der Waals surface area contributed by atoms with Gasteiger partial charge in [0, 0.05) is 5.92 Å². The SMILES string of the molecule is F[Si](CC(c1ccccc1)c1ccccc1)(c1ccccc1)c1ccccc1. The lowest BCUT2D eigenvalue weighted by Gasteiger charge is -2.29. The fourth-order valence-electron chi connectivity index (χ4n) is 3.89. The second kappa shape index (κ2) is 8.36. The van der Waals surface area contributed by atoms with Crippen LogP contribution in [0.5, 0.6) is 0 Å². The highest BCUT2D eigenvalue weighted by Crippen LogP contribution is 2.33. The van der Waals surface area contributed by atoms with Crippen LogP contribution in [0.2, 0.25) is 6.04 Å². The van der Waals surface area contributed by atoms with Gasteiger partial charge in [-0.1, -0.05) is 121 Å². The molecule has 4 aromatic carbocycles. The Labute approximate surface area is 167 Å². The van der Waals surface area contributed by atoms with E-state index in [4.69, 9.17) is 0 Å². The van der Waals surface area contributed by atoms with Gasteiger partial charge in [0.2, 0.25) is 0 Å². The van der Waals surface area contributed by atoms with Crippen molar-refractivity contribution in [2.75, 3.05) is 0 Å². The first-order chi connectivity index (χ1) is 13.8. The van der Waals surface area contributed by atoms with Gasteiger partial charge in [-0.05, 0) is 27.5 Å². The van der Waals surface area contributed by atoms with Crippen LogP contribution in [0.4, 0.5) is 4.11 Å². The largest absolute Gasteiger partial charge is 0.309 e. The molecule has 0 saturated carbocycles. The van der Waals surface area contributed by atoms with Crippen LogP contribution in [0, 0.1) is 0 Å². The van der Waals surface area contributed by atoms with E-state index in [2.05, 4.69) is 24.3 Å². The van der Waals surface area contributed by atoms with Gasteiger partial charge in [0.1, 0.15) is 0 Å². The van der Waals surface area contributed by atoms with Gasteiger partial charge in [-0.15, -0.1) is 0 Å². The summed E-state index contributed by atoms with van der Waals surface area (Å²) in [7, 11) is -3.43. The van der Waals surface area contributed by atoms with E-state index in [0.29, 0.717) is 6.04 Å². The van der Waals surface area contributed by atoms with E-state index in [-0.39, 0.29) is 5.92 Å². The molecule has 0 aliphatic rings. The molecular weight excluding hydrogens is 359 g/mol. The Kier molecular flexibility index (Phi) is 5.49. The molecule has 0 aromatic heterocycles. The smallest absolute Gasteiger partial charge is 0.302 e. The molecule has 0 spiro atoms. The third-order valence-corrected chi connectivity index (χ3v) is 8.82. The van der Waals surface area contributed by atoms with Gasteiger partial charge in [0.05, 0.1) is 0 Å². The molecular formula is C26H23FSi. The second-order valence-electron chi connectivity index (χ2n) is 7.11. The topological polar surface area (TPSA) is 0 Å². The molecule has 0 aliphatic carbocycles. The zero-order valence-electron chi connectivity index (χ0n) is 15.7. The number of hydrogen-bond donors (Lipinski definition) is 0. The Morgan fingerprint density at radius 1 is 0.500 bits per heavy atom. The van der Waals surface area contributed by atoms with E-state index in [1.54, 1.807) is 0 Å². The normalized spacial score (nSPS) is 11.5. The summed E-state index contributed by atoms with van der Waals surface area (Å²) in [5, 5.41) is 1.66. The third-order valence-electron chi connectivity index (χ3n) is 5.35. The molecule has 0 fully saturated rings. The van der Waals surface area contributed by atoms with Gasteiger partial charge in [-0.3, -0.25) is 0 Å². The number of rotatable bonds is 6. The van der Waals surface area contributed by atoms with E-state index in [1.165, 1.54) is 0 Å². The summed E-state index contributed by atoms with van der Waals surface area (Å²) in [4.78, 5) is 0. The monoisotopic (exact) mass is 382 g/mol. The van der Waals surface area contributed by atoms with E-state index >= 15 is 4.11 Å². The van der Waals surface area contributed by atoms with Crippen LogP contribution in [0.15, 0.2) is 121 Å². The van der Waals surface area contributed by atoms with Crippen LogP contribution >= 0.6 is 0 Å². The fourth-order valence-corrected chi connectivity index (χ4v) is 7.17. The highest BCUT2D eigenvalue weighted by atomic mass is 28.4. The van der Waals surface area contributed by atoms with Crippen LogP contribution < -0.4 is 10.4 Å². The Morgan fingerprint density at radius 2 is 0.821 bits per heavy atom. The summed E-state index contributed by atoms with van der Waals surface area (Å²) in [6.45, 7) is 0. The molecule has 0 aliphatic heterocycles. The molecule has 2 heteroatoms. The molecule has 28 heavy (non-hydrogen) atoms. The third kappa shape index (κ3) is 3.83. The minimum Gasteiger partial charge on any atom is -0.302 e. The van der Waals surface area contributed by atoms with Crippen molar-refractivity contribution >= 4 is 18.8 Å². The quantitative estimate of drug-likeness (QED) is 0.303. The van der Waals surface area contributed by atoms with E-state index in [1.807, 2.05) is 97.1 Å². The van der Waals surface area contributed by atoms with Crippen LogP contribution in [-0.4, -0.2) is 8.41 Å². The highest BCUT2D eigenvalue weighted by molar-refractivity contribution is 6.97. The van der Waals surface area contributed by atoms with Crippen molar-refractivity contribution in [2.45, 2.75) is 12.0 Å². The second-order valence-corrected chi connectivity index (χ2v) is 10.3. The number of halogens is 1. The lowest BCUT2D eigenvalue weighted by atomic mass is 9.93. The molecule has 4 aromatic rings. The number of benzene rings is 4. The minimum absolute atomic E-state index is 0.0134. The summed E-state index contributed by atoms with van der Waals surface area (Å²) in [6.07, 6.45) is 0. The Bertz CT molecular complexity index is 907. The molecule has 4 rings (SSSR count). The summed E-state index contributed by atoms with van der Waals surface area (Å²) in [5.74, 6) is 0.0134. The van der Waals surface area contributed by atoms with Crippen molar-refractivity contribution in [3.8, 4) is 0 Å².